The highest BCUT2D eigenvalue weighted by molar-refractivity contribution is 6.29. The highest BCUT2D eigenvalue weighted by Crippen LogP contribution is 2.06. The number of rotatable bonds is 3. The highest BCUT2D eigenvalue weighted by atomic mass is 35.5. The molecule has 0 bridgehead atoms. The zero-order valence-electron chi connectivity index (χ0n) is 5.83. The van der Waals surface area contributed by atoms with Crippen molar-refractivity contribution < 1.29 is 4.74 Å². The van der Waals surface area contributed by atoms with Gasteiger partial charge in [-0.25, -0.2) is 4.98 Å². The van der Waals surface area contributed by atoms with Crippen LogP contribution in [0.15, 0.2) is 24.9 Å². The van der Waals surface area contributed by atoms with Gasteiger partial charge >= 0.3 is 6.01 Å². The molecule has 0 saturated carbocycles. The smallest absolute Gasteiger partial charge is 0.318 e. The Morgan fingerprint density at radius 1 is 1.73 bits per heavy atom. The minimum absolute atomic E-state index is 0.275. The molecule has 0 aliphatic rings. The van der Waals surface area contributed by atoms with Crippen molar-refractivity contribution in [1.29, 1.82) is 0 Å². The molecule has 1 aromatic heterocycles. The van der Waals surface area contributed by atoms with E-state index in [4.69, 9.17) is 16.3 Å². The van der Waals surface area contributed by atoms with Crippen LogP contribution >= 0.6 is 11.6 Å². The first kappa shape index (κ1) is 8.01. The van der Waals surface area contributed by atoms with Gasteiger partial charge in [-0.3, -0.25) is 0 Å². The molecule has 11 heavy (non-hydrogen) atoms. The predicted octanol–water partition coefficient (Wildman–Crippen LogP) is 1.69. The summed E-state index contributed by atoms with van der Waals surface area (Å²) in [5.41, 5.74) is 0. The molecule has 1 rings (SSSR count). The Kier molecular flexibility index (Phi) is 2.86. The Hall–Kier alpha value is -1.09. The van der Waals surface area contributed by atoms with Gasteiger partial charge in [0.15, 0.2) is 0 Å². The average Bonchev–Trinajstić information content (AvgIpc) is 2.01. The second-order valence-electron chi connectivity index (χ2n) is 1.76. The van der Waals surface area contributed by atoms with Crippen LogP contribution in [-0.2, 0) is 0 Å². The van der Waals surface area contributed by atoms with Crippen molar-refractivity contribution in [3.8, 4) is 6.01 Å². The van der Waals surface area contributed by atoms with Gasteiger partial charge in [0.1, 0.15) is 11.8 Å². The molecule has 0 aromatic carbocycles. The van der Waals surface area contributed by atoms with Gasteiger partial charge in [0.25, 0.3) is 0 Å². The monoisotopic (exact) mass is 170 g/mol. The van der Waals surface area contributed by atoms with Gasteiger partial charge in [0.2, 0.25) is 0 Å². The highest BCUT2D eigenvalue weighted by Gasteiger charge is 1.94. The number of ether oxygens (including phenoxy) is 1. The molecule has 1 aromatic rings. The summed E-state index contributed by atoms with van der Waals surface area (Å²) in [6, 6.07) is 1.86. The second kappa shape index (κ2) is 3.93. The van der Waals surface area contributed by atoms with E-state index in [1.54, 1.807) is 12.1 Å². The van der Waals surface area contributed by atoms with Crippen molar-refractivity contribution in [2.45, 2.75) is 0 Å². The molecule has 0 atom stereocenters. The molecule has 58 valence electrons. The molecule has 0 radical (unpaired) electrons. The van der Waals surface area contributed by atoms with Gasteiger partial charge in [-0.2, -0.15) is 4.98 Å². The molecular weight excluding hydrogens is 164 g/mol. The quantitative estimate of drug-likeness (QED) is 0.512. The predicted molar refractivity (Wildman–Crippen MR) is 42.7 cm³/mol. The maximum absolute atomic E-state index is 5.57. The van der Waals surface area contributed by atoms with Gasteiger partial charge in [-0.1, -0.05) is 24.3 Å². The Bertz CT molecular complexity index is 252. The van der Waals surface area contributed by atoms with Crippen LogP contribution in [0.4, 0.5) is 0 Å². The molecule has 0 spiro atoms. The van der Waals surface area contributed by atoms with Crippen molar-refractivity contribution in [3.63, 3.8) is 0 Å². The number of hydrogen-bond donors (Lipinski definition) is 0. The van der Waals surface area contributed by atoms with Crippen LogP contribution < -0.4 is 4.74 Å². The van der Waals surface area contributed by atoms with Crippen molar-refractivity contribution in [1.82, 2.24) is 9.97 Å². The fourth-order valence-corrected chi connectivity index (χ4v) is 0.652. The first-order valence-corrected chi connectivity index (χ1v) is 3.43. The largest absolute Gasteiger partial charge is 0.459 e. The van der Waals surface area contributed by atoms with E-state index >= 15 is 0 Å². The van der Waals surface area contributed by atoms with Crippen molar-refractivity contribution in [2.75, 3.05) is 6.61 Å². The summed E-state index contributed by atoms with van der Waals surface area (Å²) in [4.78, 5) is 7.61. The molecule has 3 nitrogen and oxygen atoms in total. The molecule has 0 amide bonds. The first-order chi connectivity index (χ1) is 5.33. The summed E-state index contributed by atoms with van der Waals surface area (Å²) in [7, 11) is 0. The van der Waals surface area contributed by atoms with E-state index in [0.717, 1.165) is 0 Å². The average molecular weight is 171 g/mol. The summed E-state index contributed by atoms with van der Waals surface area (Å²) >= 11 is 5.57. The van der Waals surface area contributed by atoms with E-state index in [2.05, 4.69) is 16.5 Å². The molecular formula is C7H7ClN2O. The van der Waals surface area contributed by atoms with Crippen LogP contribution in [0.25, 0.3) is 0 Å². The molecule has 0 aliphatic heterocycles. The molecule has 0 N–H and O–H groups in total. The van der Waals surface area contributed by atoms with Gasteiger partial charge in [-0.05, 0) is 6.07 Å². The van der Waals surface area contributed by atoms with E-state index in [1.807, 2.05) is 0 Å². The third kappa shape index (κ3) is 2.55. The normalized spacial score (nSPS) is 9.18. The van der Waals surface area contributed by atoms with Crippen LogP contribution in [0.1, 0.15) is 0 Å². The minimum atomic E-state index is 0.275. The Morgan fingerprint density at radius 2 is 2.55 bits per heavy atom. The molecule has 0 fully saturated rings. The lowest BCUT2D eigenvalue weighted by Gasteiger charge is -1.98. The molecule has 0 aliphatic carbocycles. The van der Waals surface area contributed by atoms with Crippen LogP contribution in [0, 0.1) is 0 Å². The Morgan fingerprint density at radius 3 is 3.18 bits per heavy atom. The summed E-state index contributed by atoms with van der Waals surface area (Å²) < 4.78 is 5.01. The Balaban J connectivity index is 2.63. The summed E-state index contributed by atoms with van der Waals surface area (Å²) in [6.07, 6.45) is 3.15. The lowest BCUT2D eigenvalue weighted by atomic mass is 10.7. The maximum Gasteiger partial charge on any atom is 0.318 e. The Labute approximate surface area is 69.7 Å². The van der Waals surface area contributed by atoms with Crippen LogP contribution in [0.2, 0.25) is 5.15 Å². The fourth-order valence-electron chi connectivity index (χ4n) is 0.523. The summed E-state index contributed by atoms with van der Waals surface area (Å²) in [5, 5.41) is 0.374. The van der Waals surface area contributed by atoms with Gasteiger partial charge in [-0.15, -0.1) is 0 Å². The summed E-state index contributed by atoms with van der Waals surface area (Å²) in [5.74, 6) is 0. The first-order valence-electron chi connectivity index (χ1n) is 3.05. The van der Waals surface area contributed by atoms with E-state index in [9.17, 15) is 0 Å². The molecule has 4 heteroatoms. The lowest BCUT2D eigenvalue weighted by molar-refractivity contribution is 0.333. The lowest BCUT2D eigenvalue weighted by Crippen LogP contribution is -1.97. The van der Waals surface area contributed by atoms with E-state index in [0.29, 0.717) is 11.8 Å². The second-order valence-corrected chi connectivity index (χ2v) is 2.15. The number of aromatic nitrogens is 2. The third-order valence-corrected chi connectivity index (χ3v) is 1.14. The third-order valence-electron chi connectivity index (χ3n) is 0.930. The molecule has 0 unspecified atom stereocenters. The van der Waals surface area contributed by atoms with Crippen LogP contribution in [-0.4, -0.2) is 16.6 Å². The topological polar surface area (TPSA) is 35.0 Å². The van der Waals surface area contributed by atoms with Gasteiger partial charge in [0, 0.05) is 6.20 Å². The van der Waals surface area contributed by atoms with Gasteiger partial charge < -0.3 is 4.74 Å². The van der Waals surface area contributed by atoms with Crippen LogP contribution in [0.5, 0.6) is 6.01 Å². The fraction of sp³-hybridized carbons (Fsp3) is 0.143. The maximum atomic E-state index is 5.57. The van der Waals surface area contributed by atoms with Crippen LogP contribution in [0.3, 0.4) is 0 Å². The van der Waals surface area contributed by atoms with E-state index in [1.165, 1.54) is 6.20 Å². The number of hydrogen-bond acceptors (Lipinski definition) is 3. The van der Waals surface area contributed by atoms with E-state index in [-0.39, 0.29) is 6.01 Å². The number of nitrogens with zero attached hydrogens (tertiary/aromatic N) is 2. The summed E-state index contributed by atoms with van der Waals surface area (Å²) in [6.45, 7) is 3.87. The van der Waals surface area contributed by atoms with Crippen molar-refractivity contribution in [2.24, 2.45) is 0 Å². The minimum Gasteiger partial charge on any atom is -0.459 e. The van der Waals surface area contributed by atoms with E-state index < -0.39 is 0 Å². The van der Waals surface area contributed by atoms with Crippen molar-refractivity contribution >= 4 is 11.6 Å². The number of halogens is 1. The standard InChI is InChI=1S/C7H7ClN2O/c1-2-5-11-7-9-4-3-6(8)10-7/h2-4H,1,5H2. The van der Waals surface area contributed by atoms with Crippen molar-refractivity contribution in [3.05, 3.63) is 30.1 Å². The SMILES string of the molecule is C=CCOc1nccc(Cl)n1. The molecule has 1 heterocycles. The zero-order chi connectivity index (χ0) is 8.10. The van der Waals surface area contributed by atoms with Gasteiger partial charge in [0.05, 0.1) is 0 Å². The molecule has 0 saturated heterocycles. The zero-order valence-corrected chi connectivity index (χ0v) is 6.58.